The number of anilines is 1. The molecule has 6 heteroatoms. The quantitative estimate of drug-likeness (QED) is 0.655. The molecule has 1 aromatic carbocycles. The van der Waals surface area contributed by atoms with Crippen molar-refractivity contribution in [1.29, 1.82) is 0 Å². The van der Waals surface area contributed by atoms with Crippen molar-refractivity contribution >= 4 is 22.2 Å². The Hall–Kier alpha value is -1.95. The number of non-ortho nitro benzene ring substituents is 1. The zero-order chi connectivity index (χ0) is 12.8. The van der Waals surface area contributed by atoms with Crippen molar-refractivity contribution in [2.24, 2.45) is 0 Å². The molecule has 0 radical (unpaired) electrons. The zero-order valence-corrected chi connectivity index (χ0v) is 10.4. The van der Waals surface area contributed by atoms with Crippen LogP contribution >= 0.6 is 11.3 Å². The summed E-state index contributed by atoms with van der Waals surface area (Å²) >= 11 is 1.34. The summed E-state index contributed by atoms with van der Waals surface area (Å²) in [5.74, 6) is 0. The lowest BCUT2D eigenvalue weighted by atomic mass is 10.1. The monoisotopic (exact) mass is 251 g/mol. The summed E-state index contributed by atoms with van der Waals surface area (Å²) in [7, 11) is 0. The van der Waals surface area contributed by atoms with Crippen LogP contribution in [0.25, 0.3) is 11.3 Å². The van der Waals surface area contributed by atoms with E-state index in [1.807, 2.05) is 19.2 Å². The van der Waals surface area contributed by atoms with E-state index in [0.717, 1.165) is 11.3 Å². The van der Waals surface area contributed by atoms with E-state index in [2.05, 4.69) is 4.98 Å². The molecule has 0 bridgehead atoms. The van der Waals surface area contributed by atoms with Gasteiger partial charge in [0.25, 0.3) is 5.69 Å². The molecular formula is C11H13N3O2S. The van der Waals surface area contributed by atoms with Gasteiger partial charge in [0.1, 0.15) is 0 Å². The summed E-state index contributed by atoms with van der Waals surface area (Å²) in [6.45, 7) is 4.00. The molecular weight excluding hydrogens is 238 g/mol. The maximum Gasteiger partial charge on any atom is 0.269 e. The van der Waals surface area contributed by atoms with Crippen molar-refractivity contribution in [3.63, 3.8) is 0 Å². The van der Waals surface area contributed by atoms with Crippen LogP contribution in [0.2, 0.25) is 0 Å². The number of hydrogen-bond donors (Lipinski definition) is 1. The van der Waals surface area contributed by atoms with Crippen molar-refractivity contribution in [2.45, 2.75) is 13.8 Å². The highest BCUT2D eigenvalue weighted by Gasteiger charge is 2.06. The number of nitro groups is 1. The first kappa shape index (κ1) is 13.1. The molecule has 0 aliphatic carbocycles. The minimum absolute atomic E-state index is 0.0713. The highest BCUT2D eigenvalue weighted by molar-refractivity contribution is 7.13. The molecule has 2 rings (SSSR count). The Kier molecular flexibility index (Phi) is 4.59. The van der Waals surface area contributed by atoms with Crippen LogP contribution in [-0.4, -0.2) is 9.91 Å². The highest BCUT2D eigenvalue weighted by atomic mass is 32.1. The van der Waals surface area contributed by atoms with Crippen LogP contribution in [0.3, 0.4) is 0 Å². The molecule has 90 valence electrons. The fourth-order valence-electron chi connectivity index (χ4n) is 1.17. The number of nitrogens with zero attached hydrogens (tertiary/aromatic N) is 2. The van der Waals surface area contributed by atoms with Gasteiger partial charge in [0.05, 0.1) is 10.6 Å². The predicted molar refractivity (Wildman–Crippen MR) is 70.0 cm³/mol. The summed E-state index contributed by atoms with van der Waals surface area (Å²) in [5.41, 5.74) is 7.13. The third kappa shape index (κ3) is 3.25. The molecule has 0 aliphatic heterocycles. The predicted octanol–water partition coefficient (Wildman–Crippen LogP) is 3.33. The van der Waals surface area contributed by atoms with Crippen molar-refractivity contribution in [3.05, 3.63) is 39.8 Å². The first-order chi connectivity index (χ1) is 8.16. The second-order valence-electron chi connectivity index (χ2n) is 2.87. The number of rotatable bonds is 2. The standard InChI is InChI=1S/C9H7N3O2S.C2H6/c10-9-11-8(5-15-9)6-1-3-7(4-2-6)12(13)14;1-2/h1-5H,(H2,10,11);1-2H3. The lowest BCUT2D eigenvalue weighted by Crippen LogP contribution is -1.87. The third-order valence-corrected chi connectivity index (χ3v) is 2.57. The van der Waals surface area contributed by atoms with E-state index < -0.39 is 4.92 Å². The normalized spacial score (nSPS) is 9.29. The third-order valence-electron chi connectivity index (χ3n) is 1.90. The molecule has 0 atom stereocenters. The van der Waals surface area contributed by atoms with Crippen LogP contribution in [0.4, 0.5) is 10.8 Å². The van der Waals surface area contributed by atoms with E-state index in [1.54, 1.807) is 12.1 Å². The van der Waals surface area contributed by atoms with Gasteiger partial charge in [-0.3, -0.25) is 10.1 Å². The molecule has 0 saturated heterocycles. The maximum atomic E-state index is 10.4. The van der Waals surface area contributed by atoms with Crippen molar-refractivity contribution in [1.82, 2.24) is 4.98 Å². The number of hydrogen-bond acceptors (Lipinski definition) is 5. The number of nitrogen functional groups attached to an aromatic ring is 1. The van der Waals surface area contributed by atoms with Gasteiger partial charge >= 0.3 is 0 Å². The molecule has 0 saturated carbocycles. The minimum Gasteiger partial charge on any atom is -0.375 e. The molecule has 2 N–H and O–H groups in total. The number of aromatic nitrogens is 1. The molecule has 0 fully saturated rings. The summed E-state index contributed by atoms with van der Waals surface area (Å²) < 4.78 is 0. The topological polar surface area (TPSA) is 82.0 Å². The molecule has 17 heavy (non-hydrogen) atoms. The second-order valence-corrected chi connectivity index (χ2v) is 3.76. The first-order valence-electron chi connectivity index (χ1n) is 5.12. The largest absolute Gasteiger partial charge is 0.375 e. The molecule has 1 heterocycles. The van der Waals surface area contributed by atoms with E-state index in [-0.39, 0.29) is 5.69 Å². The average molecular weight is 251 g/mol. The van der Waals surface area contributed by atoms with Gasteiger partial charge in [-0.25, -0.2) is 4.98 Å². The fourth-order valence-corrected chi connectivity index (χ4v) is 1.75. The summed E-state index contributed by atoms with van der Waals surface area (Å²) in [6.07, 6.45) is 0. The van der Waals surface area contributed by atoms with Crippen LogP contribution in [0.5, 0.6) is 0 Å². The van der Waals surface area contributed by atoms with Gasteiger partial charge in [-0.05, 0) is 12.1 Å². The van der Waals surface area contributed by atoms with Crippen molar-refractivity contribution in [2.75, 3.05) is 5.73 Å². The Labute approximate surface area is 103 Å². The molecule has 0 aliphatic rings. The Bertz CT molecular complexity index is 494. The Morgan fingerprint density at radius 2 is 1.88 bits per heavy atom. The molecule has 2 aromatic rings. The highest BCUT2D eigenvalue weighted by Crippen LogP contribution is 2.24. The van der Waals surface area contributed by atoms with Crippen LogP contribution in [0.1, 0.15) is 13.8 Å². The minimum atomic E-state index is -0.431. The van der Waals surface area contributed by atoms with E-state index in [0.29, 0.717) is 5.13 Å². The number of nitro benzene ring substituents is 1. The maximum absolute atomic E-state index is 10.4. The summed E-state index contributed by atoms with van der Waals surface area (Å²) in [5, 5.41) is 12.7. The van der Waals surface area contributed by atoms with Gasteiger partial charge in [0.2, 0.25) is 0 Å². The Morgan fingerprint density at radius 1 is 1.29 bits per heavy atom. The lowest BCUT2D eigenvalue weighted by Gasteiger charge is -1.95. The Balaban J connectivity index is 0.000000686. The Morgan fingerprint density at radius 3 is 2.29 bits per heavy atom. The van der Waals surface area contributed by atoms with E-state index in [9.17, 15) is 10.1 Å². The van der Waals surface area contributed by atoms with Crippen molar-refractivity contribution in [3.8, 4) is 11.3 Å². The van der Waals surface area contributed by atoms with Crippen LogP contribution in [0, 0.1) is 10.1 Å². The smallest absolute Gasteiger partial charge is 0.269 e. The van der Waals surface area contributed by atoms with Gasteiger partial charge in [0, 0.05) is 23.1 Å². The number of nitrogens with two attached hydrogens (primary N) is 1. The number of thiazole rings is 1. The first-order valence-corrected chi connectivity index (χ1v) is 6.00. The second kappa shape index (κ2) is 5.95. The SMILES string of the molecule is CC.Nc1nc(-c2ccc([N+](=O)[O-])cc2)cs1. The van der Waals surface area contributed by atoms with Gasteiger partial charge in [-0.15, -0.1) is 11.3 Å². The van der Waals surface area contributed by atoms with Gasteiger partial charge in [0.15, 0.2) is 5.13 Å². The molecule has 0 spiro atoms. The molecule has 5 nitrogen and oxygen atoms in total. The average Bonchev–Trinajstić information content (AvgIpc) is 2.79. The summed E-state index contributed by atoms with van der Waals surface area (Å²) in [4.78, 5) is 14.1. The van der Waals surface area contributed by atoms with Gasteiger partial charge < -0.3 is 5.73 Å². The fraction of sp³-hybridized carbons (Fsp3) is 0.182. The molecule has 1 aromatic heterocycles. The van der Waals surface area contributed by atoms with Crippen molar-refractivity contribution < 1.29 is 4.92 Å². The zero-order valence-electron chi connectivity index (χ0n) is 9.58. The van der Waals surface area contributed by atoms with Crippen LogP contribution < -0.4 is 5.73 Å². The van der Waals surface area contributed by atoms with Gasteiger partial charge in [-0.1, -0.05) is 13.8 Å². The van der Waals surface area contributed by atoms with Crippen LogP contribution in [0.15, 0.2) is 29.6 Å². The lowest BCUT2D eigenvalue weighted by molar-refractivity contribution is -0.384. The molecule has 0 unspecified atom stereocenters. The van der Waals surface area contributed by atoms with Crippen LogP contribution in [-0.2, 0) is 0 Å². The van der Waals surface area contributed by atoms with Gasteiger partial charge in [-0.2, -0.15) is 0 Å². The molecule has 0 amide bonds. The van der Waals surface area contributed by atoms with E-state index >= 15 is 0 Å². The number of benzene rings is 1. The van der Waals surface area contributed by atoms with E-state index in [1.165, 1.54) is 23.5 Å². The summed E-state index contributed by atoms with van der Waals surface area (Å²) in [6, 6.07) is 6.22. The van der Waals surface area contributed by atoms with E-state index in [4.69, 9.17) is 5.73 Å².